The standard InChI is InChI=1S/C6H7BrN2O2S/c7-5-1-3-6(4-2-5)9(8)12(10)11/h1-4H,8H2,(H,10,11)/p-1. The molecule has 1 rings (SSSR count). The molecule has 4 nitrogen and oxygen atoms in total. The molecule has 2 N–H and O–H groups in total. The molecule has 1 aromatic rings. The minimum atomic E-state index is -2.42. The van der Waals surface area contributed by atoms with Crippen LogP contribution in [0.5, 0.6) is 0 Å². The fourth-order valence-electron chi connectivity index (χ4n) is 0.674. The molecule has 0 amide bonds. The second kappa shape index (κ2) is 3.99. The quantitative estimate of drug-likeness (QED) is 0.482. The highest BCUT2D eigenvalue weighted by molar-refractivity contribution is 9.10. The largest absolute Gasteiger partial charge is 0.754 e. The Bertz CT molecular complexity index is 290. The van der Waals surface area contributed by atoms with E-state index in [1.54, 1.807) is 24.3 Å². The molecule has 0 radical (unpaired) electrons. The predicted octanol–water partition coefficient (Wildman–Crippen LogP) is 0.923. The molecule has 0 saturated heterocycles. The molecular weight excluding hydrogens is 244 g/mol. The van der Waals surface area contributed by atoms with E-state index in [1.807, 2.05) is 0 Å². The van der Waals surface area contributed by atoms with Gasteiger partial charge in [0.25, 0.3) is 0 Å². The van der Waals surface area contributed by atoms with Gasteiger partial charge in [0.1, 0.15) is 0 Å². The molecule has 0 heterocycles. The van der Waals surface area contributed by atoms with Crippen LogP contribution in [0.1, 0.15) is 0 Å². The maximum Gasteiger partial charge on any atom is 0.0659 e. The summed E-state index contributed by atoms with van der Waals surface area (Å²) in [5.41, 5.74) is 0.423. The van der Waals surface area contributed by atoms with Gasteiger partial charge in [0, 0.05) is 4.47 Å². The zero-order valence-corrected chi connectivity index (χ0v) is 8.34. The molecule has 0 bridgehead atoms. The predicted molar refractivity (Wildman–Crippen MR) is 49.7 cm³/mol. The van der Waals surface area contributed by atoms with Gasteiger partial charge in [0.05, 0.1) is 17.0 Å². The molecule has 1 aromatic carbocycles. The summed E-state index contributed by atoms with van der Waals surface area (Å²) in [7, 11) is 0. The highest BCUT2D eigenvalue weighted by Crippen LogP contribution is 2.16. The number of benzene rings is 1. The van der Waals surface area contributed by atoms with Gasteiger partial charge in [-0.15, -0.1) is 0 Å². The molecule has 6 heteroatoms. The molecule has 0 fully saturated rings. The second-order valence-corrected chi connectivity index (χ2v) is 3.76. The van der Waals surface area contributed by atoms with E-state index < -0.39 is 11.3 Å². The van der Waals surface area contributed by atoms with Crippen LogP contribution in [0, 0.1) is 0 Å². The van der Waals surface area contributed by atoms with Crippen molar-refractivity contribution in [3.8, 4) is 0 Å². The van der Waals surface area contributed by atoms with Crippen molar-refractivity contribution in [3.05, 3.63) is 28.7 Å². The Labute approximate surface area is 80.9 Å². The molecule has 0 aliphatic heterocycles. The van der Waals surface area contributed by atoms with Gasteiger partial charge in [-0.1, -0.05) is 15.9 Å². The van der Waals surface area contributed by atoms with Gasteiger partial charge >= 0.3 is 0 Å². The van der Waals surface area contributed by atoms with Crippen LogP contribution < -0.4 is 10.3 Å². The van der Waals surface area contributed by atoms with E-state index in [9.17, 15) is 8.76 Å². The Morgan fingerprint density at radius 3 is 2.33 bits per heavy atom. The summed E-state index contributed by atoms with van der Waals surface area (Å²) in [5.74, 6) is 5.19. The molecular formula is C6H6BrN2O2S-. The van der Waals surface area contributed by atoms with E-state index in [4.69, 9.17) is 5.84 Å². The number of hydrogen-bond donors (Lipinski definition) is 1. The SMILES string of the molecule is NN(c1ccc(Br)cc1)S(=O)[O-]. The van der Waals surface area contributed by atoms with Crippen molar-refractivity contribution in [2.75, 3.05) is 4.41 Å². The van der Waals surface area contributed by atoms with Crippen LogP contribution >= 0.6 is 15.9 Å². The van der Waals surface area contributed by atoms with Gasteiger partial charge < -0.3 is 4.55 Å². The first-order valence-corrected chi connectivity index (χ1v) is 4.83. The van der Waals surface area contributed by atoms with E-state index in [1.165, 1.54) is 0 Å². The van der Waals surface area contributed by atoms with Gasteiger partial charge in [-0.2, -0.15) is 0 Å². The second-order valence-electron chi connectivity index (χ2n) is 2.02. The van der Waals surface area contributed by atoms with Crippen molar-refractivity contribution in [3.63, 3.8) is 0 Å². The third kappa shape index (κ3) is 2.28. The molecule has 0 spiro atoms. The molecule has 0 aromatic heterocycles. The molecule has 0 saturated carbocycles. The Kier molecular flexibility index (Phi) is 3.21. The summed E-state index contributed by atoms with van der Waals surface area (Å²) >= 11 is 0.796. The van der Waals surface area contributed by atoms with Crippen molar-refractivity contribution in [2.24, 2.45) is 5.84 Å². The van der Waals surface area contributed by atoms with E-state index in [0.29, 0.717) is 10.1 Å². The van der Waals surface area contributed by atoms with Crippen LogP contribution in [0.15, 0.2) is 28.7 Å². The summed E-state index contributed by atoms with van der Waals surface area (Å²) in [6.45, 7) is 0. The average molecular weight is 250 g/mol. The van der Waals surface area contributed by atoms with Crippen molar-refractivity contribution < 1.29 is 8.76 Å². The number of rotatable bonds is 2. The number of nitrogens with zero attached hydrogens (tertiary/aromatic N) is 1. The first-order chi connectivity index (χ1) is 5.61. The monoisotopic (exact) mass is 249 g/mol. The van der Waals surface area contributed by atoms with Gasteiger partial charge in [-0.05, 0) is 24.3 Å². The Hall–Kier alpha value is -0.430. The van der Waals surface area contributed by atoms with Gasteiger partial charge in [-0.3, -0.25) is 4.21 Å². The summed E-state index contributed by atoms with van der Waals surface area (Å²) in [6, 6.07) is 6.61. The van der Waals surface area contributed by atoms with E-state index >= 15 is 0 Å². The van der Waals surface area contributed by atoms with Crippen LogP contribution in [-0.2, 0) is 11.3 Å². The topological polar surface area (TPSA) is 69.4 Å². The van der Waals surface area contributed by atoms with E-state index in [2.05, 4.69) is 15.9 Å². The molecule has 66 valence electrons. The van der Waals surface area contributed by atoms with E-state index in [0.717, 1.165) is 4.47 Å². The zero-order chi connectivity index (χ0) is 9.14. The summed E-state index contributed by atoms with van der Waals surface area (Å²) in [5, 5.41) is 0. The molecule has 1 atom stereocenters. The lowest BCUT2D eigenvalue weighted by Gasteiger charge is -2.19. The fraction of sp³-hybridized carbons (Fsp3) is 0. The lowest BCUT2D eigenvalue weighted by Crippen LogP contribution is -2.32. The van der Waals surface area contributed by atoms with Gasteiger partial charge in [0.2, 0.25) is 0 Å². The molecule has 12 heavy (non-hydrogen) atoms. The Balaban J connectivity index is 2.89. The zero-order valence-electron chi connectivity index (χ0n) is 5.94. The molecule has 1 unspecified atom stereocenters. The van der Waals surface area contributed by atoms with E-state index in [-0.39, 0.29) is 0 Å². The van der Waals surface area contributed by atoms with Crippen molar-refractivity contribution in [1.29, 1.82) is 0 Å². The van der Waals surface area contributed by atoms with Crippen molar-refractivity contribution in [1.82, 2.24) is 0 Å². The molecule has 0 aliphatic rings. The minimum absolute atomic E-state index is 0.423. The summed E-state index contributed by atoms with van der Waals surface area (Å²) in [6.07, 6.45) is 0. The van der Waals surface area contributed by atoms with Crippen LogP contribution in [0.3, 0.4) is 0 Å². The maximum atomic E-state index is 10.4. The van der Waals surface area contributed by atoms with Crippen molar-refractivity contribution >= 4 is 32.9 Å². The Morgan fingerprint density at radius 1 is 1.42 bits per heavy atom. The fourth-order valence-corrected chi connectivity index (χ4v) is 1.23. The highest BCUT2D eigenvalue weighted by Gasteiger charge is 1.99. The Morgan fingerprint density at radius 2 is 1.92 bits per heavy atom. The first kappa shape index (κ1) is 9.66. The lowest BCUT2D eigenvalue weighted by atomic mass is 10.3. The third-order valence-corrected chi connectivity index (χ3v) is 2.30. The highest BCUT2D eigenvalue weighted by atomic mass is 79.9. The normalized spacial score (nSPS) is 12.6. The van der Waals surface area contributed by atoms with Crippen LogP contribution in [0.2, 0.25) is 0 Å². The number of hydrazine groups is 1. The number of halogens is 1. The summed E-state index contributed by atoms with van der Waals surface area (Å²) in [4.78, 5) is 0. The average Bonchev–Trinajstić information content (AvgIpc) is 2.04. The minimum Gasteiger partial charge on any atom is -0.754 e. The third-order valence-electron chi connectivity index (χ3n) is 1.24. The number of nitrogens with two attached hydrogens (primary N) is 1. The van der Waals surface area contributed by atoms with Gasteiger partial charge in [-0.25, -0.2) is 10.3 Å². The van der Waals surface area contributed by atoms with Crippen molar-refractivity contribution in [2.45, 2.75) is 0 Å². The van der Waals surface area contributed by atoms with Gasteiger partial charge in [0.15, 0.2) is 0 Å². The summed E-state index contributed by atoms with van der Waals surface area (Å²) < 4.78 is 22.3. The first-order valence-electron chi connectivity index (χ1n) is 3.01. The lowest BCUT2D eigenvalue weighted by molar-refractivity contribution is 0.533. The molecule has 0 aliphatic carbocycles. The van der Waals surface area contributed by atoms with Crippen LogP contribution in [0.25, 0.3) is 0 Å². The number of anilines is 1. The van der Waals surface area contributed by atoms with Crippen LogP contribution in [0.4, 0.5) is 5.69 Å². The number of hydrogen-bond acceptors (Lipinski definition) is 3. The maximum absolute atomic E-state index is 10.4. The van der Waals surface area contributed by atoms with Crippen LogP contribution in [-0.4, -0.2) is 8.76 Å². The smallest absolute Gasteiger partial charge is 0.0659 e.